The summed E-state index contributed by atoms with van der Waals surface area (Å²) in [6, 6.07) is 0. The number of nitrogens with one attached hydrogen (secondary N) is 1. The molecule has 1 heterocycles. The summed E-state index contributed by atoms with van der Waals surface area (Å²) < 4.78 is 0.897. The number of hydrogen-bond acceptors (Lipinski definition) is 7. The highest BCUT2D eigenvalue weighted by molar-refractivity contribution is 8.01. The summed E-state index contributed by atoms with van der Waals surface area (Å²) >= 11 is 3.09. The molecule has 0 aliphatic rings. The van der Waals surface area contributed by atoms with Gasteiger partial charge in [-0.05, 0) is 20.8 Å². The SMILES string of the molecule is CN(C)c1nnc(SCC(O)CNC(C)(C)C)s1. The largest absolute Gasteiger partial charge is 0.391 e. The molecule has 1 atom stereocenters. The Balaban J connectivity index is 2.31. The first kappa shape index (κ1) is 15.7. The van der Waals surface area contributed by atoms with E-state index in [1.807, 2.05) is 19.0 Å². The lowest BCUT2D eigenvalue weighted by Gasteiger charge is -2.22. The van der Waals surface area contributed by atoms with E-state index >= 15 is 0 Å². The molecule has 0 aromatic carbocycles. The van der Waals surface area contributed by atoms with Crippen LogP contribution < -0.4 is 10.2 Å². The standard InChI is InChI=1S/C11H22N4OS2/c1-11(2,3)12-6-8(16)7-17-10-14-13-9(18-10)15(4)5/h8,12,16H,6-7H2,1-5H3. The number of hydrogen-bond donors (Lipinski definition) is 2. The summed E-state index contributed by atoms with van der Waals surface area (Å²) in [7, 11) is 3.88. The van der Waals surface area contributed by atoms with Crippen LogP contribution in [0.4, 0.5) is 5.13 Å². The first-order valence-electron chi connectivity index (χ1n) is 5.84. The van der Waals surface area contributed by atoms with Gasteiger partial charge in [-0.15, -0.1) is 10.2 Å². The Hall–Kier alpha value is -0.370. The summed E-state index contributed by atoms with van der Waals surface area (Å²) in [5, 5.41) is 22.2. The lowest BCUT2D eigenvalue weighted by molar-refractivity contribution is 0.183. The van der Waals surface area contributed by atoms with Crippen LogP contribution in [0.1, 0.15) is 20.8 Å². The minimum atomic E-state index is -0.374. The molecule has 0 radical (unpaired) electrons. The Bertz CT molecular complexity index is 362. The number of rotatable bonds is 6. The van der Waals surface area contributed by atoms with E-state index in [-0.39, 0.29) is 11.6 Å². The number of aliphatic hydroxyl groups is 1. The van der Waals surface area contributed by atoms with E-state index in [9.17, 15) is 5.11 Å². The fourth-order valence-corrected chi connectivity index (χ4v) is 2.81. The lowest BCUT2D eigenvalue weighted by Crippen LogP contribution is -2.41. The fraction of sp³-hybridized carbons (Fsp3) is 0.818. The summed E-state index contributed by atoms with van der Waals surface area (Å²) in [6.45, 7) is 6.85. The zero-order valence-corrected chi connectivity index (χ0v) is 13.2. The van der Waals surface area contributed by atoms with Gasteiger partial charge in [0, 0.05) is 31.9 Å². The monoisotopic (exact) mass is 290 g/mol. The maximum atomic E-state index is 9.85. The molecule has 0 aliphatic heterocycles. The number of anilines is 1. The Morgan fingerprint density at radius 3 is 2.56 bits per heavy atom. The van der Waals surface area contributed by atoms with E-state index in [1.165, 1.54) is 0 Å². The Kier molecular flexibility index (Phi) is 5.84. The first-order chi connectivity index (χ1) is 8.28. The molecule has 0 saturated heterocycles. The minimum absolute atomic E-state index is 0.0342. The highest BCUT2D eigenvalue weighted by Gasteiger charge is 2.13. The quantitative estimate of drug-likeness (QED) is 0.773. The van der Waals surface area contributed by atoms with Gasteiger partial charge in [0.1, 0.15) is 0 Å². The molecule has 0 amide bonds. The second-order valence-electron chi connectivity index (χ2n) is 5.34. The molecule has 1 aromatic rings. The third-order valence-electron chi connectivity index (χ3n) is 2.05. The van der Waals surface area contributed by atoms with Gasteiger partial charge in [-0.1, -0.05) is 23.1 Å². The molecular formula is C11H22N4OS2. The van der Waals surface area contributed by atoms with E-state index in [0.29, 0.717) is 12.3 Å². The molecule has 1 aromatic heterocycles. The van der Waals surface area contributed by atoms with Crippen LogP contribution in [0.25, 0.3) is 0 Å². The molecule has 104 valence electrons. The molecule has 0 aliphatic carbocycles. The number of thioether (sulfide) groups is 1. The van der Waals surface area contributed by atoms with Gasteiger partial charge in [-0.3, -0.25) is 0 Å². The molecule has 18 heavy (non-hydrogen) atoms. The zero-order valence-electron chi connectivity index (χ0n) is 11.6. The van der Waals surface area contributed by atoms with E-state index in [1.54, 1.807) is 23.1 Å². The summed E-state index contributed by atoms with van der Waals surface area (Å²) in [6.07, 6.45) is -0.374. The Labute approximate surface area is 117 Å². The molecule has 0 spiro atoms. The molecular weight excluding hydrogens is 268 g/mol. The van der Waals surface area contributed by atoms with Gasteiger partial charge in [-0.2, -0.15) is 0 Å². The van der Waals surface area contributed by atoms with Crippen LogP contribution >= 0.6 is 23.1 Å². The van der Waals surface area contributed by atoms with Gasteiger partial charge >= 0.3 is 0 Å². The van der Waals surface area contributed by atoms with Gasteiger partial charge in [0.2, 0.25) is 5.13 Å². The second kappa shape index (κ2) is 6.70. The molecule has 2 N–H and O–H groups in total. The smallest absolute Gasteiger partial charge is 0.208 e. The second-order valence-corrected chi connectivity index (χ2v) is 7.56. The van der Waals surface area contributed by atoms with Crippen molar-refractivity contribution in [1.29, 1.82) is 0 Å². The Morgan fingerprint density at radius 2 is 2.06 bits per heavy atom. The molecule has 5 nitrogen and oxygen atoms in total. The van der Waals surface area contributed by atoms with E-state index in [2.05, 4.69) is 36.3 Å². The van der Waals surface area contributed by atoms with E-state index < -0.39 is 0 Å². The number of nitrogens with zero attached hydrogens (tertiary/aromatic N) is 3. The zero-order chi connectivity index (χ0) is 13.8. The first-order valence-corrected chi connectivity index (χ1v) is 7.65. The van der Waals surface area contributed by atoms with E-state index in [4.69, 9.17) is 0 Å². The number of β-amino-alcohol motifs (C(OH)–C–C–N with tert-alkyl or cyclic N) is 1. The van der Waals surface area contributed by atoms with Crippen molar-refractivity contribution in [2.45, 2.75) is 36.8 Å². The molecule has 0 saturated carbocycles. The van der Waals surface area contributed by atoms with Crippen LogP contribution in [0, 0.1) is 0 Å². The van der Waals surface area contributed by atoms with Crippen molar-refractivity contribution < 1.29 is 5.11 Å². The van der Waals surface area contributed by atoms with Crippen LogP contribution in [-0.2, 0) is 0 Å². The highest BCUT2D eigenvalue weighted by Crippen LogP contribution is 2.27. The third-order valence-corrected chi connectivity index (χ3v) is 4.41. The van der Waals surface area contributed by atoms with Gasteiger partial charge in [-0.25, -0.2) is 0 Å². The van der Waals surface area contributed by atoms with Crippen LogP contribution in [0.3, 0.4) is 0 Å². The molecule has 1 rings (SSSR count). The minimum Gasteiger partial charge on any atom is -0.391 e. The summed E-state index contributed by atoms with van der Waals surface area (Å²) in [5.74, 6) is 0.630. The predicted molar refractivity (Wildman–Crippen MR) is 78.7 cm³/mol. The van der Waals surface area contributed by atoms with Crippen molar-refractivity contribution in [3.63, 3.8) is 0 Å². The van der Waals surface area contributed by atoms with Crippen molar-refractivity contribution >= 4 is 28.2 Å². The lowest BCUT2D eigenvalue weighted by atomic mass is 10.1. The van der Waals surface area contributed by atoms with Gasteiger partial charge in [0.15, 0.2) is 4.34 Å². The molecule has 7 heteroatoms. The average Bonchev–Trinajstić information content (AvgIpc) is 2.71. The van der Waals surface area contributed by atoms with Crippen LogP contribution in [-0.4, -0.2) is 53.3 Å². The molecule has 1 unspecified atom stereocenters. The van der Waals surface area contributed by atoms with Crippen LogP contribution in [0.5, 0.6) is 0 Å². The fourth-order valence-electron chi connectivity index (χ4n) is 1.09. The summed E-state index contributed by atoms with van der Waals surface area (Å²) in [5.41, 5.74) is 0.0342. The van der Waals surface area contributed by atoms with Crippen molar-refractivity contribution in [1.82, 2.24) is 15.5 Å². The molecule has 0 bridgehead atoms. The van der Waals surface area contributed by atoms with Crippen molar-refractivity contribution in [2.75, 3.05) is 31.3 Å². The van der Waals surface area contributed by atoms with E-state index in [0.717, 1.165) is 9.47 Å². The topological polar surface area (TPSA) is 61.3 Å². The molecule has 0 fully saturated rings. The van der Waals surface area contributed by atoms with Crippen LogP contribution in [0.2, 0.25) is 0 Å². The van der Waals surface area contributed by atoms with Gasteiger partial charge in [0.25, 0.3) is 0 Å². The van der Waals surface area contributed by atoms with Crippen molar-refractivity contribution in [2.24, 2.45) is 0 Å². The maximum Gasteiger partial charge on any atom is 0.208 e. The van der Waals surface area contributed by atoms with Crippen molar-refractivity contribution in [3.8, 4) is 0 Å². The van der Waals surface area contributed by atoms with Gasteiger partial charge < -0.3 is 15.3 Å². The maximum absolute atomic E-state index is 9.85. The van der Waals surface area contributed by atoms with Crippen LogP contribution in [0.15, 0.2) is 4.34 Å². The third kappa shape index (κ3) is 5.99. The summed E-state index contributed by atoms with van der Waals surface area (Å²) in [4.78, 5) is 1.93. The Morgan fingerprint density at radius 1 is 1.39 bits per heavy atom. The number of aliphatic hydroxyl groups excluding tert-OH is 1. The normalized spacial score (nSPS) is 13.7. The highest BCUT2D eigenvalue weighted by atomic mass is 32.2. The van der Waals surface area contributed by atoms with Crippen molar-refractivity contribution in [3.05, 3.63) is 0 Å². The average molecular weight is 290 g/mol. The predicted octanol–water partition coefficient (Wildman–Crippen LogP) is 1.45. The number of aromatic nitrogens is 2. The van der Waals surface area contributed by atoms with Gasteiger partial charge in [0.05, 0.1) is 6.10 Å².